The van der Waals surface area contributed by atoms with E-state index in [9.17, 15) is 13.2 Å². The van der Waals surface area contributed by atoms with Gasteiger partial charge in [-0.2, -0.15) is 4.31 Å². The van der Waals surface area contributed by atoms with Crippen LogP contribution in [0.4, 0.5) is 4.79 Å². The maximum atomic E-state index is 12.9. The van der Waals surface area contributed by atoms with E-state index in [4.69, 9.17) is 4.74 Å². The fourth-order valence-electron chi connectivity index (χ4n) is 2.95. The molecular weight excluding hydrogens is 350 g/mol. The minimum Gasteiger partial charge on any atom is -0.440 e. The van der Waals surface area contributed by atoms with Gasteiger partial charge in [0.25, 0.3) is 10.0 Å². The average Bonchev–Trinajstić information content (AvgIpc) is 2.61. The Balaban J connectivity index is 1.92. The fraction of sp³-hybridized carbons (Fsp3) is 0.250. The van der Waals surface area contributed by atoms with Gasteiger partial charge in [-0.1, -0.05) is 53.6 Å². The van der Waals surface area contributed by atoms with Crippen molar-refractivity contribution in [2.24, 2.45) is 0 Å². The zero-order chi connectivity index (χ0) is 18.9. The fourth-order valence-corrected chi connectivity index (χ4v) is 4.42. The lowest BCUT2D eigenvalue weighted by atomic mass is 10.00. The molecule has 2 atom stereocenters. The van der Waals surface area contributed by atoms with E-state index in [2.05, 4.69) is 6.58 Å². The number of carbonyl (C=O) groups is 1. The van der Waals surface area contributed by atoms with Crippen LogP contribution in [-0.2, 0) is 14.8 Å². The van der Waals surface area contributed by atoms with Crippen molar-refractivity contribution >= 4 is 16.1 Å². The summed E-state index contributed by atoms with van der Waals surface area (Å²) in [7, 11) is -4.01. The Hall–Kier alpha value is -2.60. The van der Waals surface area contributed by atoms with Crippen LogP contribution >= 0.6 is 0 Å². The molecule has 1 saturated heterocycles. The third kappa shape index (κ3) is 3.37. The van der Waals surface area contributed by atoms with Gasteiger partial charge in [-0.15, -0.1) is 6.58 Å². The topological polar surface area (TPSA) is 63.7 Å². The molecule has 0 unspecified atom stereocenters. The molecule has 136 valence electrons. The predicted octanol–water partition coefficient (Wildman–Crippen LogP) is 4.13. The third-order valence-electron chi connectivity index (χ3n) is 4.48. The second kappa shape index (κ2) is 6.96. The number of sulfonamides is 1. The summed E-state index contributed by atoms with van der Waals surface area (Å²) in [5.41, 5.74) is 2.87. The van der Waals surface area contributed by atoms with Crippen molar-refractivity contribution in [3.63, 3.8) is 0 Å². The van der Waals surface area contributed by atoms with Crippen molar-refractivity contribution in [2.75, 3.05) is 0 Å². The molecule has 1 aliphatic rings. The van der Waals surface area contributed by atoms with E-state index in [1.54, 1.807) is 12.1 Å². The van der Waals surface area contributed by atoms with Gasteiger partial charge in [0, 0.05) is 6.42 Å². The summed E-state index contributed by atoms with van der Waals surface area (Å²) in [5, 5.41) is 0. The highest BCUT2D eigenvalue weighted by Gasteiger charge is 2.42. The first kappa shape index (κ1) is 18.2. The van der Waals surface area contributed by atoms with Crippen molar-refractivity contribution in [3.05, 3.63) is 77.9 Å². The maximum absolute atomic E-state index is 12.9. The minimum absolute atomic E-state index is 0.0562. The smallest absolute Gasteiger partial charge is 0.425 e. The van der Waals surface area contributed by atoms with Crippen LogP contribution in [0.3, 0.4) is 0 Å². The van der Waals surface area contributed by atoms with E-state index >= 15 is 0 Å². The molecule has 1 fully saturated rings. The number of amides is 1. The Bertz CT molecular complexity index is 917. The van der Waals surface area contributed by atoms with Crippen LogP contribution in [-0.4, -0.2) is 24.9 Å². The highest BCUT2D eigenvalue weighted by atomic mass is 32.2. The summed E-state index contributed by atoms with van der Waals surface area (Å²) in [6.45, 7) is 7.56. The lowest BCUT2D eigenvalue weighted by Crippen LogP contribution is -2.48. The van der Waals surface area contributed by atoms with E-state index in [0.29, 0.717) is 6.42 Å². The van der Waals surface area contributed by atoms with E-state index in [-0.39, 0.29) is 4.90 Å². The van der Waals surface area contributed by atoms with Gasteiger partial charge in [0.1, 0.15) is 6.10 Å². The number of nitrogens with zero attached hydrogens (tertiary/aromatic N) is 1. The molecular formula is C20H21NO4S. The van der Waals surface area contributed by atoms with E-state index in [1.165, 1.54) is 18.2 Å². The zero-order valence-corrected chi connectivity index (χ0v) is 15.6. The maximum Gasteiger partial charge on any atom is 0.425 e. The van der Waals surface area contributed by atoms with Crippen LogP contribution in [0.1, 0.15) is 29.2 Å². The molecule has 0 aliphatic carbocycles. The summed E-state index contributed by atoms with van der Waals surface area (Å²) in [6, 6.07) is 13.3. The Labute approximate surface area is 154 Å². The molecule has 0 spiro atoms. The summed E-state index contributed by atoms with van der Waals surface area (Å²) >= 11 is 0. The Morgan fingerprint density at radius 1 is 1.04 bits per heavy atom. The predicted molar refractivity (Wildman–Crippen MR) is 99.2 cm³/mol. The van der Waals surface area contributed by atoms with Crippen LogP contribution in [0.2, 0.25) is 0 Å². The second-order valence-corrected chi connectivity index (χ2v) is 8.25. The van der Waals surface area contributed by atoms with Gasteiger partial charge < -0.3 is 4.74 Å². The summed E-state index contributed by atoms with van der Waals surface area (Å²) in [4.78, 5) is 12.6. The molecule has 0 N–H and O–H groups in total. The zero-order valence-electron chi connectivity index (χ0n) is 14.8. The van der Waals surface area contributed by atoms with Crippen LogP contribution in [0.15, 0.2) is 66.1 Å². The average molecular weight is 371 g/mol. The Morgan fingerprint density at radius 2 is 1.58 bits per heavy atom. The molecule has 2 aromatic carbocycles. The molecule has 6 heteroatoms. The molecule has 1 amide bonds. The van der Waals surface area contributed by atoms with Gasteiger partial charge in [-0.25, -0.2) is 13.2 Å². The van der Waals surface area contributed by atoms with Crippen molar-refractivity contribution in [3.8, 4) is 0 Å². The van der Waals surface area contributed by atoms with E-state index in [1.807, 2.05) is 38.1 Å². The third-order valence-corrected chi connectivity index (χ3v) is 6.28. The number of ether oxygens (including phenoxy) is 1. The number of hydrogen-bond acceptors (Lipinski definition) is 4. The number of rotatable bonds is 4. The number of cyclic esters (lactones) is 1. The normalized spacial score (nSPS) is 20.5. The highest BCUT2D eigenvalue weighted by molar-refractivity contribution is 7.89. The Morgan fingerprint density at radius 3 is 2.12 bits per heavy atom. The largest absolute Gasteiger partial charge is 0.440 e. The van der Waals surface area contributed by atoms with Gasteiger partial charge in [0.05, 0.1) is 10.9 Å². The summed E-state index contributed by atoms with van der Waals surface area (Å²) in [5.74, 6) is 0. The summed E-state index contributed by atoms with van der Waals surface area (Å²) in [6.07, 6.45) is 0.416. The lowest BCUT2D eigenvalue weighted by Gasteiger charge is -2.36. The molecule has 1 heterocycles. The Kier molecular flexibility index (Phi) is 4.87. The van der Waals surface area contributed by atoms with Crippen molar-refractivity contribution in [1.82, 2.24) is 4.31 Å². The lowest BCUT2D eigenvalue weighted by molar-refractivity contribution is 0.0354. The monoisotopic (exact) mass is 371 g/mol. The standard InChI is InChI=1S/C20H21NO4S/c1-4-17-13-19(16-9-5-14(2)6-10-16)25-20(22)21(17)26(23,24)18-11-7-15(3)8-12-18/h4-12,17,19H,1,13H2,2-3H3/t17-,19+/m1/s1. The number of benzene rings is 2. The van der Waals surface area contributed by atoms with E-state index < -0.39 is 28.3 Å². The summed E-state index contributed by atoms with van der Waals surface area (Å²) < 4.78 is 32.1. The first-order valence-corrected chi connectivity index (χ1v) is 9.78. The van der Waals surface area contributed by atoms with Crippen molar-refractivity contribution in [1.29, 1.82) is 0 Å². The van der Waals surface area contributed by atoms with E-state index in [0.717, 1.165) is 21.0 Å². The number of hydrogen-bond donors (Lipinski definition) is 0. The first-order chi connectivity index (χ1) is 12.3. The molecule has 0 bridgehead atoms. The van der Waals surface area contributed by atoms with Gasteiger partial charge in [-0.3, -0.25) is 0 Å². The molecule has 26 heavy (non-hydrogen) atoms. The van der Waals surface area contributed by atoms with Crippen LogP contribution in [0.5, 0.6) is 0 Å². The number of aryl methyl sites for hydroxylation is 2. The van der Waals surface area contributed by atoms with Crippen LogP contribution in [0.25, 0.3) is 0 Å². The second-order valence-electron chi connectivity index (χ2n) is 6.44. The molecule has 3 rings (SSSR count). The van der Waals surface area contributed by atoms with Gasteiger partial charge in [0.15, 0.2) is 0 Å². The first-order valence-electron chi connectivity index (χ1n) is 8.34. The molecule has 5 nitrogen and oxygen atoms in total. The molecule has 0 aromatic heterocycles. The molecule has 1 aliphatic heterocycles. The molecule has 0 saturated carbocycles. The molecule has 0 radical (unpaired) electrons. The molecule has 2 aromatic rings. The SMILES string of the molecule is C=C[C@@H]1C[C@@H](c2ccc(C)cc2)OC(=O)N1S(=O)(=O)c1ccc(C)cc1. The number of carbonyl (C=O) groups excluding carboxylic acids is 1. The van der Waals surface area contributed by atoms with Gasteiger partial charge >= 0.3 is 6.09 Å². The minimum atomic E-state index is -4.01. The van der Waals surface area contributed by atoms with Crippen molar-refractivity contribution < 1.29 is 17.9 Å². The quantitative estimate of drug-likeness (QED) is 0.758. The van der Waals surface area contributed by atoms with Crippen LogP contribution in [0, 0.1) is 13.8 Å². The highest BCUT2D eigenvalue weighted by Crippen LogP contribution is 2.34. The van der Waals surface area contributed by atoms with Crippen LogP contribution < -0.4 is 0 Å². The van der Waals surface area contributed by atoms with Gasteiger partial charge in [0.2, 0.25) is 0 Å². The van der Waals surface area contributed by atoms with Gasteiger partial charge in [-0.05, 0) is 31.5 Å². The van der Waals surface area contributed by atoms with Crippen molar-refractivity contribution in [2.45, 2.75) is 37.3 Å².